The number of carbonyl (C=O) groups is 2. The summed E-state index contributed by atoms with van der Waals surface area (Å²) in [7, 11) is 0. The summed E-state index contributed by atoms with van der Waals surface area (Å²) < 4.78 is 4.83. The van der Waals surface area contributed by atoms with Crippen LogP contribution >= 0.6 is 0 Å². The Morgan fingerprint density at radius 1 is 1.33 bits per heavy atom. The molecule has 18 heavy (non-hydrogen) atoms. The maximum Gasteiger partial charge on any atom is 0.331 e. The van der Waals surface area contributed by atoms with Gasteiger partial charge in [0.2, 0.25) is 5.91 Å². The number of rotatable bonds is 5. The van der Waals surface area contributed by atoms with Gasteiger partial charge in [0.05, 0.1) is 6.61 Å². The Bertz CT molecular complexity index is 405. The van der Waals surface area contributed by atoms with Gasteiger partial charge in [-0.05, 0) is 12.5 Å². The zero-order valence-electron chi connectivity index (χ0n) is 10.4. The van der Waals surface area contributed by atoms with Crippen LogP contribution in [0.15, 0.2) is 30.3 Å². The van der Waals surface area contributed by atoms with E-state index in [1.807, 2.05) is 0 Å². The first kappa shape index (κ1) is 14.2. The molecule has 1 aromatic carbocycles. The second kappa shape index (κ2) is 6.76. The average Bonchev–Trinajstić information content (AvgIpc) is 2.36. The zero-order chi connectivity index (χ0) is 13.5. The molecule has 0 aliphatic rings. The minimum atomic E-state index is -1.13. The number of ether oxygens (including phenoxy) is 1. The van der Waals surface area contributed by atoms with Gasteiger partial charge in [-0.15, -0.1) is 0 Å². The summed E-state index contributed by atoms with van der Waals surface area (Å²) in [6.07, 6.45) is -1.13. The van der Waals surface area contributed by atoms with E-state index in [0.29, 0.717) is 5.56 Å². The maximum atomic E-state index is 11.7. The van der Waals surface area contributed by atoms with E-state index in [4.69, 9.17) is 4.74 Å². The van der Waals surface area contributed by atoms with Crippen molar-refractivity contribution < 1.29 is 19.4 Å². The second-order valence-electron chi connectivity index (χ2n) is 3.79. The smallest absolute Gasteiger partial charge is 0.331 e. The molecule has 0 bridgehead atoms. The van der Waals surface area contributed by atoms with E-state index in [2.05, 4.69) is 5.32 Å². The summed E-state index contributed by atoms with van der Waals surface area (Å²) in [6, 6.07) is 7.55. The zero-order valence-corrected chi connectivity index (χ0v) is 10.4. The highest BCUT2D eigenvalue weighted by Gasteiger charge is 2.29. The first-order valence-corrected chi connectivity index (χ1v) is 5.73. The molecule has 0 aliphatic carbocycles. The Kier molecular flexibility index (Phi) is 5.32. The predicted molar refractivity (Wildman–Crippen MR) is 65.6 cm³/mol. The van der Waals surface area contributed by atoms with Gasteiger partial charge >= 0.3 is 5.97 Å². The Morgan fingerprint density at radius 2 is 1.94 bits per heavy atom. The molecule has 2 N–H and O–H groups in total. The van der Waals surface area contributed by atoms with Gasteiger partial charge in [-0.1, -0.05) is 30.3 Å². The minimum Gasteiger partial charge on any atom is -0.464 e. The summed E-state index contributed by atoms with van der Waals surface area (Å²) in [5.41, 5.74) is 0.546. The largest absolute Gasteiger partial charge is 0.464 e. The molecule has 0 aliphatic heterocycles. The molecule has 1 rings (SSSR count). The summed E-state index contributed by atoms with van der Waals surface area (Å²) in [5, 5.41) is 12.5. The standard InChI is InChI=1S/C13H17NO4/c1-3-18-13(17)11(14-9(2)15)12(16)10-7-5-4-6-8-10/h4-8,11-12,16H,3H2,1-2H3,(H,14,15)/t11-,12-/m1/s1. The molecule has 0 aromatic heterocycles. The van der Waals surface area contributed by atoms with E-state index in [0.717, 1.165) is 0 Å². The number of nitrogens with one attached hydrogen (secondary N) is 1. The highest BCUT2D eigenvalue weighted by molar-refractivity contribution is 5.83. The van der Waals surface area contributed by atoms with Crippen molar-refractivity contribution in [3.8, 4) is 0 Å². The number of aliphatic hydroxyl groups is 1. The number of amides is 1. The summed E-state index contributed by atoms with van der Waals surface area (Å²) in [5.74, 6) is -1.05. The van der Waals surface area contributed by atoms with Crippen molar-refractivity contribution in [3.63, 3.8) is 0 Å². The van der Waals surface area contributed by atoms with E-state index >= 15 is 0 Å². The normalized spacial score (nSPS) is 13.5. The number of hydrogen-bond acceptors (Lipinski definition) is 4. The van der Waals surface area contributed by atoms with Crippen LogP contribution in [0.1, 0.15) is 25.5 Å². The summed E-state index contributed by atoms with van der Waals surface area (Å²) in [6.45, 7) is 3.14. The van der Waals surface area contributed by atoms with Gasteiger partial charge in [-0.2, -0.15) is 0 Å². The van der Waals surface area contributed by atoms with Gasteiger partial charge in [0.25, 0.3) is 0 Å². The number of esters is 1. The fourth-order valence-electron chi connectivity index (χ4n) is 1.56. The van der Waals surface area contributed by atoms with Crippen LogP contribution in [0.5, 0.6) is 0 Å². The van der Waals surface area contributed by atoms with Crippen LogP contribution in [-0.2, 0) is 14.3 Å². The van der Waals surface area contributed by atoms with Crippen LogP contribution in [-0.4, -0.2) is 29.6 Å². The molecule has 0 heterocycles. The third-order valence-corrected chi connectivity index (χ3v) is 2.36. The SMILES string of the molecule is CCOC(=O)[C@H](NC(C)=O)[C@H](O)c1ccccc1. The van der Waals surface area contributed by atoms with Gasteiger partial charge < -0.3 is 15.2 Å². The average molecular weight is 251 g/mol. The highest BCUT2D eigenvalue weighted by atomic mass is 16.5. The maximum absolute atomic E-state index is 11.7. The molecular weight excluding hydrogens is 234 g/mol. The Labute approximate surface area is 106 Å². The lowest BCUT2D eigenvalue weighted by Crippen LogP contribution is -2.45. The van der Waals surface area contributed by atoms with Crippen LogP contribution in [0.4, 0.5) is 0 Å². The van der Waals surface area contributed by atoms with E-state index in [-0.39, 0.29) is 6.61 Å². The number of benzene rings is 1. The molecule has 0 spiro atoms. The van der Waals surface area contributed by atoms with Gasteiger partial charge in [0.15, 0.2) is 6.04 Å². The summed E-state index contributed by atoms with van der Waals surface area (Å²) in [4.78, 5) is 22.8. The molecule has 2 atom stereocenters. The van der Waals surface area contributed by atoms with Crippen molar-refractivity contribution in [3.05, 3.63) is 35.9 Å². The van der Waals surface area contributed by atoms with Crippen molar-refractivity contribution in [1.82, 2.24) is 5.32 Å². The molecule has 1 amide bonds. The van der Waals surface area contributed by atoms with Crippen molar-refractivity contribution in [1.29, 1.82) is 0 Å². The Balaban J connectivity index is 2.88. The van der Waals surface area contributed by atoms with E-state index in [1.54, 1.807) is 37.3 Å². The van der Waals surface area contributed by atoms with Crippen LogP contribution in [0.3, 0.4) is 0 Å². The van der Waals surface area contributed by atoms with E-state index in [9.17, 15) is 14.7 Å². The lowest BCUT2D eigenvalue weighted by atomic mass is 10.0. The van der Waals surface area contributed by atoms with Crippen molar-refractivity contribution in [2.24, 2.45) is 0 Å². The van der Waals surface area contributed by atoms with Crippen LogP contribution in [0, 0.1) is 0 Å². The van der Waals surface area contributed by atoms with Crippen molar-refractivity contribution in [2.75, 3.05) is 6.61 Å². The first-order valence-electron chi connectivity index (χ1n) is 5.73. The number of hydrogen-bond donors (Lipinski definition) is 2. The topological polar surface area (TPSA) is 75.6 Å². The third kappa shape index (κ3) is 3.85. The Morgan fingerprint density at radius 3 is 2.44 bits per heavy atom. The molecule has 5 heteroatoms. The van der Waals surface area contributed by atoms with Gasteiger partial charge in [0.1, 0.15) is 6.10 Å². The molecule has 0 saturated carbocycles. The highest BCUT2D eigenvalue weighted by Crippen LogP contribution is 2.17. The van der Waals surface area contributed by atoms with Crippen molar-refractivity contribution >= 4 is 11.9 Å². The lowest BCUT2D eigenvalue weighted by Gasteiger charge is -2.22. The molecule has 0 unspecified atom stereocenters. The molecule has 1 aromatic rings. The van der Waals surface area contributed by atoms with E-state index in [1.165, 1.54) is 6.92 Å². The molecule has 98 valence electrons. The molecular formula is C13H17NO4. The lowest BCUT2D eigenvalue weighted by molar-refractivity contribution is -0.150. The van der Waals surface area contributed by atoms with Gasteiger partial charge in [-0.25, -0.2) is 4.79 Å². The predicted octanol–water partition coefficient (Wildman–Crippen LogP) is 0.788. The molecule has 0 radical (unpaired) electrons. The number of carbonyl (C=O) groups excluding carboxylic acids is 2. The fraction of sp³-hybridized carbons (Fsp3) is 0.385. The number of aliphatic hydroxyl groups excluding tert-OH is 1. The Hall–Kier alpha value is -1.88. The first-order chi connectivity index (χ1) is 8.56. The fourth-order valence-corrected chi connectivity index (χ4v) is 1.56. The van der Waals surface area contributed by atoms with E-state index < -0.39 is 24.0 Å². The van der Waals surface area contributed by atoms with Crippen molar-refractivity contribution in [2.45, 2.75) is 26.0 Å². The second-order valence-corrected chi connectivity index (χ2v) is 3.79. The molecule has 0 saturated heterocycles. The monoisotopic (exact) mass is 251 g/mol. The van der Waals surface area contributed by atoms with Crippen LogP contribution < -0.4 is 5.32 Å². The summed E-state index contributed by atoms with van der Waals surface area (Å²) >= 11 is 0. The van der Waals surface area contributed by atoms with Gasteiger partial charge in [0, 0.05) is 6.92 Å². The quantitative estimate of drug-likeness (QED) is 0.759. The minimum absolute atomic E-state index is 0.191. The van der Waals surface area contributed by atoms with Crippen LogP contribution in [0.25, 0.3) is 0 Å². The third-order valence-electron chi connectivity index (χ3n) is 2.36. The molecule has 0 fully saturated rings. The molecule has 5 nitrogen and oxygen atoms in total. The van der Waals surface area contributed by atoms with Crippen LogP contribution in [0.2, 0.25) is 0 Å². The van der Waals surface area contributed by atoms with Gasteiger partial charge in [-0.3, -0.25) is 4.79 Å².